The van der Waals surface area contributed by atoms with Gasteiger partial charge in [0.15, 0.2) is 0 Å². The van der Waals surface area contributed by atoms with Crippen molar-refractivity contribution in [2.75, 3.05) is 26.7 Å². The quantitative estimate of drug-likeness (QED) is 0.804. The Hall–Kier alpha value is -0.120. The first-order chi connectivity index (χ1) is 7.90. The minimum Gasteiger partial charge on any atom is -0.375 e. The Balaban J connectivity index is 2.41. The van der Waals surface area contributed by atoms with Gasteiger partial charge in [0, 0.05) is 18.6 Å². The number of likely N-dealkylation sites (N-methyl/N-ethyl adjacent to an activating group) is 1. The second-order valence-electron chi connectivity index (χ2n) is 6.37. The third kappa shape index (κ3) is 4.57. The van der Waals surface area contributed by atoms with Gasteiger partial charge >= 0.3 is 0 Å². The van der Waals surface area contributed by atoms with E-state index in [-0.39, 0.29) is 11.1 Å². The highest BCUT2D eigenvalue weighted by molar-refractivity contribution is 4.92. The third-order valence-electron chi connectivity index (χ3n) is 3.94. The molecule has 0 bridgehead atoms. The van der Waals surface area contributed by atoms with Gasteiger partial charge in [-0.3, -0.25) is 4.90 Å². The molecule has 0 spiro atoms. The van der Waals surface area contributed by atoms with E-state index in [9.17, 15) is 0 Å². The van der Waals surface area contributed by atoms with Gasteiger partial charge in [0.25, 0.3) is 0 Å². The molecule has 0 heterocycles. The van der Waals surface area contributed by atoms with E-state index in [1.165, 1.54) is 32.1 Å². The topological polar surface area (TPSA) is 38.5 Å². The van der Waals surface area contributed by atoms with Gasteiger partial charge in [0.2, 0.25) is 0 Å². The maximum absolute atomic E-state index is 6.01. The molecule has 1 saturated carbocycles. The van der Waals surface area contributed by atoms with Gasteiger partial charge in [-0.05, 0) is 40.7 Å². The van der Waals surface area contributed by atoms with Crippen LogP contribution in [0.4, 0.5) is 0 Å². The molecule has 2 N–H and O–H groups in total. The number of ether oxygens (including phenoxy) is 1. The summed E-state index contributed by atoms with van der Waals surface area (Å²) in [5.41, 5.74) is 6.21. The number of hydrogen-bond donors (Lipinski definition) is 1. The van der Waals surface area contributed by atoms with Crippen LogP contribution in [0.25, 0.3) is 0 Å². The van der Waals surface area contributed by atoms with Crippen LogP contribution >= 0.6 is 0 Å². The fraction of sp³-hybridized carbons (Fsp3) is 1.00. The second-order valence-corrected chi connectivity index (χ2v) is 6.37. The van der Waals surface area contributed by atoms with Gasteiger partial charge in [-0.15, -0.1) is 0 Å². The molecule has 0 aliphatic heterocycles. The molecule has 0 aromatic rings. The number of rotatable bonds is 5. The van der Waals surface area contributed by atoms with Crippen LogP contribution < -0.4 is 5.73 Å². The lowest BCUT2D eigenvalue weighted by molar-refractivity contribution is -0.0277. The van der Waals surface area contributed by atoms with E-state index in [0.717, 1.165) is 19.7 Å². The molecule has 1 rings (SSSR count). The predicted octanol–water partition coefficient (Wildman–Crippen LogP) is 2.39. The molecular weight excluding hydrogens is 212 g/mol. The summed E-state index contributed by atoms with van der Waals surface area (Å²) in [5, 5.41) is 0. The van der Waals surface area contributed by atoms with Crippen molar-refractivity contribution in [2.45, 2.75) is 64.0 Å². The Bertz CT molecular complexity index is 217. The van der Waals surface area contributed by atoms with Crippen molar-refractivity contribution in [1.29, 1.82) is 0 Å². The lowest BCUT2D eigenvalue weighted by Crippen LogP contribution is -2.54. The lowest BCUT2D eigenvalue weighted by atomic mass is 9.80. The standard InChI is InChI=1S/C14H30N2O/c1-13(2,3)17-11-10-16(4)14(12-15)8-6-5-7-9-14/h5-12,15H2,1-4H3. The summed E-state index contributed by atoms with van der Waals surface area (Å²) in [5.74, 6) is 0. The fourth-order valence-electron chi connectivity index (χ4n) is 2.68. The van der Waals surface area contributed by atoms with E-state index < -0.39 is 0 Å². The second kappa shape index (κ2) is 6.17. The molecule has 0 saturated heterocycles. The lowest BCUT2D eigenvalue weighted by Gasteiger charge is -2.44. The molecule has 0 amide bonds. The van der Waals surface area contributed by atoms with E-state index in [0.29, 0.717) is 0 Å². The Morgan fingerprint density at radius 3 is 2.24 bits per heavy atom. The molecule has 0 aromatic carbocycles. The molecule has 1 aliphatic rings. The first kappa shape index (κ1) is 14.9. The molecule has 0 aromatic heterocycles. The van der Waals surface area contributed by atoms with Gasteiger partial charge in [-0.1, -0.05) is 19.3 Å². The Kier molecular flexibility index (Phi) is 5.42. The first-order valence-corrected chi connectivity index (χ1v) is 6.95. The van der Waals surface area contributed by atoms with Gasteiger partial charge in [-0.25, -0.2) is 0 Å². The van der Waals surface area contributed by atoms with Crippen molar-refractivity contribution < 1.29 is 4.74 Å². The molecule has 0 atom stereocenters. The van der Waals surface area contributed by atoms with Gasteiger partial charge in [0.1, 0.15) is 0 Å². The highest BCUT2D eigenvalue weighted by Gasteiger charge is 2.34. The van der Waals surface area contributed by atoms with Gasteiger partial charge in [-0.2, -0.15) is 0 Å². The van der Waals surface area contributed by atoms with Crippen molar-refractivity contribution in [2.24, 2.45) is 5.73 Å². The number of nitrogens with zero attached hydrogens (tertiary/aromatic N) is 1. The Morgan fingerprint density at radius 2 is 1.76 bits per heavy atom. The molecule has 17 heavy (non-hydrogen) atoms. The highest BCUT2D eigenvalue weighted by atomic mass is 16.5. The van der Waals surface area contributed by atoms with Crippen LogP contribution in [0.5, 0.6) is 0 Å². The monoisotopic (exact) mass is 242 g/mol. The van der Waals surface area contributed by atoms with E-state index in [2.05, 4.69) is 32.7 Å². The molecule has 0 radical (unpaired) electrons. The predicted molar refractivity (Wildman–Crippen MR) is 73.2 cm³/mol. The maximum Gasteiger partial charge on any atom is 0.0600 e. The zero-order valence-corrected chi connectivity index (χ0v) is 12.1. The van der Waals surface area contributed by atoms with Crippen LogP contribution in [0.15, 0.2) is 0 Å². The average molecular weight is 242 g/mol. The molecule has 3 nitrogen and oxygen atoms in total. The zero-order chi connectivity index (χ0) is 12.9. The minimum atomic E-state index is -0.0384. The number of hydrogen-bond acceptors (Lipinski definition) is 3. The summed E-state index contributed by atoms with van der Waals surface area (Å²) >= 11 is 0. The molecule has 0 unspecified atom stereocenters. The zero-order valence-electron chi connectivity index (χ0n) is 12.1. The normalized spacial score (nSPS) is 20.8. The average Bonchev–Trinajstić information content (AvgIpc) is 2.28. The summed E-state index contributed by atoms with van der Waals surface area (Å²) in [6, 6.07) is 0. The molecule has 3 heteroatoms. The van der Waals surface area contributed by atoms with Crippen molar-refractivity contribution in [3.63, 3.8) is 0 Å². The van der Waals surface area contributed by atoms with Crippen LogP contribution in [-0.2, 0) is 4.74 Å². The smallest absolute Gasteiger partial charge is 0.0600 e. The van der Waals surface area contributed by atoms with Crippen LogP contribution in [0, 0.1) is 0 Å². The first-order valence-electron chi connectivity index (χ1n) is 6.95. The van der Waals surface area contributed by atoms with E-state index in [1.807, 2.05) is 0 Å². The summed E-state index contributed by atoms with van der Waals surface area (Å²) in [7, 11) is 2.20. The minimum absolute atomic E-state index is 0.0384. The summed E-state index contributed by atoms with van der Waals surface area (Å²) in [4.78, 5) is 2.43. The van der Waals surface area contributed by atoms with Crippen LogP contribution in [-0.4, -0.2) is 42.8 Å². The van der Waals surface area contributed by atoms with Crippen LogP contribution in [0.1, 0.15) is 52.9 Å². The van der Waals surface area contributed by atoms with Gasteiger partial charge in [0.05, 0.1) is 12.2 Å². The van der Waals surface area contributed by atoms with Gasteiger partial charge < -0.3 is 10.5 Å². The third-order valence-corrected chi connectivity index (χ3v) is 3.94. The largest absolute Gasteiger partial charge is 0.375 e. The fourth-order valence-corrected chi connectivity index (χ4v) is 2.68. The Morgan fingerprint density at radius 1 is 1.18 bits per heavy atom. The SMILES string of the molecule is CN(CCOC(C)(C)C)C1(CN)CCCCC1. The summed E-state index contributed by atoms with van der Waals surface area (Å²) in [6.07, 6.45) is 6.50. The Labute approximate surface area is 107 Å². The highest BCUT2D eigenvalue weighted by Crippen LogP contribution is 2.31. The van der Waals surface area contributed by atoms with Crippen LogP contribution in [0.2, 0.25) is 0 Å². The maximum atomic E-state index is 6.01. The molecule has 1 fully saturated rings. The summed E-state index contributed by atoms with van der Waals surface area (Å²) in [6.45, 7) is 8.86. The molecule has 102 valence electrons. The van der Waals surface area contributed by atoms with E-state index in [1.54, 1.807) is 0 Å². The van der Waals surface area contributed by atoms with E-state index >= 15 is 0 Å². The summed E-state index contributed by atoms with van der Waals surface area (Å²) < 4.78 is 5.80. The van der Waals surface area contributed by atoms with Crippen LogP contribution in [0.3, 0.4) is 0 Å². The molecule has 1 aliphatic carbocycles. The molecular formula is C14H30N2O. The number of nitrogens with two attached hydrogens (primary N) is 1. The van der Waals surface area contributed by atoms with Crippen molar-refractivity contribution in [1.82, 2.24) is 4.90 Å². The van der Waals surface area contributed by atoms with E-state index in [4.69, 9.17) is 10.5 Å². The van der Waals surface area contributed by atoms with Crippen molar-refractivity contribution >= 4 is 0 Å². The van der Waals surface area contributed by atoms with Crippen molar-refractivity contribution in [3.05, 3.63) is 0 Å². The van der Waals surface area contributed by atoms with Crippen molar-refractivity contribution in [3.8, 4) is 0 Å².